The third-order valence-corrected chi connectivity index (χ3v) is 4.96. The summed E-state index contributed by atoms with van der Waals surface area (Å²) < 4.78 is 11.2. The van der Waals surface area contributed by atoms with E-state index in [1.807, 2.05) is 13.8 Å². The number of ether oxygens (including phenoxy) is 2. The molecule has 0 bridgehead atoms. The molecule has 172 valence electrons. The lowest BCUT2D eigenvalue weighted by Crippen LogP contribution is -2.38. The van der Waals surface area contributed by atoms with Crippen LogP contribution in [0.3, 0.4) is 0 Å². The van der Waals surface area contributed by atoms with Gasteiger partial charge in [0, 0.05) is 23.7 Å². The number of hydrogen-bond acceptors (Lipinski definition) is 5. The molecule has 0 saturated carbocycles. The lowest BCUT2D eigenvalue weighted by molar-refractivity contribution is -0.139. The summed E-state index contributed by atoms with van der Waals surface area (Å²) in [6, 6.07) is 10.2. The number of nitrogens with zero attached hydrogens (tertiary/aromatic N) is 1. The predicted molar refractivity (Wildman–Crippen MR) is 127 cm³/mol. The maximum atomic E-state index is 11.9. The molecule has 2 N–H and O–H groups in total. The van der Waals surface area contributed by atoms with Crippen LogP contribution in [0, 0.1) is 0 Å². The highest BCUT2D eigenvalue weighted by Gasteiger charge is 2.12. The van der Waals surface area contributed by atoms with Crippen LogP contribution in [-0.2, 0) is 20.9 Å². The van der Waals surface area contributed by atoms with E-state index in [0.717, 1.165) is 5.56 Å². The van der Waals surface area contributed by atoms with Crippen LogP contribution in [0.1, 0.15) is 31.4 Å². The van der Waals surface area contributed by atoms with Crippen molar-refractivity contribution in [2.45, 2.75) is 33.0 Å². The van der Waals surface area contributed by atoms with Crippen LogP contribution in [0.5, 0.6) is 5.75 Å². The number of rotatable bonds is 10. The molecule has 2 aromatic rings. The Kier molecular flexibility index (Phi) is 10.8. The normalized spacial score (nSPS) is 11.1. The lowest BCUT2D eigenvalue weighted by atomic mass is 10.2. The molecule has 0 atom stereocenters. The number of nitrogens with one attached hydrogen (secondary N) is 2. The van der Waals surface area contributed by atoms with Crippen molar-refractivity contribution in [2.75, 3.05) is 13.2 Å². The summed E-state index contributed by atoms with van der Waals surface area (Å²) in [6.45, 7) is 4.90. The van der Waals surface area contributed by atoms with E-state index in [9.17, 15) is 9.59 Å². The predicted octanol–water partition coefficient (Wildman–Crippen LogP) is 4.61. The average Bonchev–Trinajstić information content (AvgIpc) is 2.74. The van der Waals surface area contributed by atoms with Crippen LogP contribution in [0.15, 0.2) is 41.5 Å². The topological polar surface area (TPSA) is 89.0 Å². The van der Waals surface area contributed by atoms with Crippen LogP contribution in [0.4, 0.5) is 0 Å². The molecular formula is C22H24Cl3N3O4. The van der Waals surface area contributed by atoms with E-state index in [-0.39, 0.29) is 12.7 Å². The Bertz CT molecular complexity index is 967. The van der Waals surface area contributed by atoms with Gasteiger partial charge in [0.05, 0.1) is 22.4 Å². The van der Waals surface area contributed by atoms with E-state index in [2.05, 4.69) is 15.8 Å². The van der Waals surface area contributed by atoms with Gasteiger partial charge in [0.25, 0.3) is 0 Å². The summed E-state index contributed by atoms with van der Waals surface area (Å²) in [5, 5.41) is 7.67. The van der Waals surface area contributed by atoms with E-state index >= 15 is 0 Å². The van der Waals surface area contributed by atoms with Gasteiger partial charge < -0.3 is 14.8 Å². The first-order valence-corrected chi connectivity index (χ1v) is 11.0. The number of amides is 2. The largest absolute Gasteiger partial charge is 0.488 e. The van der Waals surface area contributed by atoms with Crippen molar-refractivity contribution in [3.05, 3.63) is 62.6 Å². The third-order valence-electron chi connectivity index (χ3n) is 3.98. The van der Waals surface area contributed by atoms with Crippen molar-refractivity contribution in [3.63, 3.8) is 0 Å². The Morgan fingerprint density at radius 2 is 1.84 bits per heavy atom. The first-order chi connectivity index (χ1) is 15.3. The van der Waals surface area contributed by atoms with Gasteiger partial charge in [-0.25, -0.2) is 5.43 Å². The fourth-order valence-corrected chi connectivity index (χ4v) is 2.93. The number of hydrazone groups is 1. The third kappa shape index (κ3) is 9.04. The zero-order valence-electron chi connectivity index (χ0n) is 17.7. The van der Waals surface area contributed by atoms with Crippen LogP contribution in [0.2, 0.25) is 15.1 Å². The van der Waals surface area contributed by atoms with Gasteiger partial charge in [-0.05, 0) is 56.2 Å². The maximum absolute atomic E-state index is 11.9. The van der Waals surface area contributed by atoms with Crippen molar-refractivity contribution < 1.29 is 19.1 Å². The second kappa shape index (κ2) is 13.3. The van der Waals surface area contributed by atoms with Crippen LogP contribution >= 0.6 is 34.8 Å². The van der Waals surface area contributed by atoms with Crippen molar-refractivity contribution in [2.24, 2.45) is 5.10 Å². The Labute approximate surface area is 202 Å². The molecule has 0 aliphatic heterocycles. The Balaban J connectivity index is 1.89. The summed E-state index contributed by atoms with van der Waals surface area (Å²) in [6.07, 6.45) is 2.06. The molecule has 0 aliphatic rings. The molecule has 0 aliphatic carbocycles. The molecule has 32 heavy (non-hydrogen) atoms. The highest BCUT2D eigenvalue weighted by Crippen LogP contribution is 2.25. The highest BCUT2D eigenvalue weighted by atomic mass is 35.5. The van der Waals surface area contributed by atoms with Gasteiger partial charge in [-0.15, -0.1) is 0 Å². The van der Waals surface area contributed by atoms with E-state index in [4.69, 9.17) is 44.3 Å². The van der Waals surface area contributed by atoms with Crippen LogP contribution in [0.25, 0.3) is 0 Å². The van der Waals surface area contributed by atoms with Gasteiger partial charge >= 0.3 is 11.8 Å². The van der Waals surface area contributed by atoms with E-state index in [1.165, 1.54) is 6.21 Å². The Morgan fingerprint density at radius 3 is 2.56 bits per heavy atom. The van der Waals surface area contributed by atoms with E-state index < -0.39 is 11.8 Å². The summed E-state index contributed by atoms with van der Waals surface area (Å²) in [4.78, 5) is 23.7. The zero-order chi connectivity index (χ0) is 23.5. The quantitative estimate of drug-likeness (QED) is 0.216. The molecule has 2 aromatic carbocycles. The monoisotopic (exact) mass is 499 g/mol. The molecule has 0 heterocycles. The standard InChI is InChI=1S/C22H24Cl3N3O4/c1-14(2)31-9-3-8-26-21(29)22(30)28-27-12-16-11-17(23)5-7-20(16)32-13-15-4-6-18(24)19(25)10-15/h4-7,10-12,14H,3,8-9,13H2,1-2H3,(H,26,29)(H,28,30)/b27-12-. The molecule has 10 heteroatoms. The molecule has 0 fully saturated rings. The summed E-state index contributed by atoms with van der Waals surface area (Å²) in [5.41, 5.74) is 3.52. The number of halogens is 3. The van der Waals surface area contributed by atoms with Gasteiger partial charge in [0.15, 0.2) is 0 Å². The van der Waals surface area contributed by atoms with Crippen molar-refractivity contribution >= 4 is 52.8 Å². The molecule has 2 amide bonds. The smallest absolute Gasteiger partial charge is 0.329 e. The second-order valence-electron chi connectivity index (χ2n) is 6.95. The molecule has 7 nitrogen and oxygen atoms in total. The molecular weight excluding hydrogens is 477 g/mol. The lowest BCUT2D eigenvalue weighted by Gasteiger charge is -2.10. The number of hydrogen-bond donors (Lipinski definition) is 2. The number of carbonyl (C=O) groups excluding carboxylic acids is 2. The molecule has 0 aromatic heterocycles. The summed E-state index contributed by atoms with van der Waals surface area (Å²) in [5.74, 6) is -1.19. The molecule has 2 rings (SSSR count). The maximum Gasteiger partial charge on any atom is 0.329 e. The summed E-state index contributed by atoms with van der Waals surface area (Å²) in [7, 11) is 0. The second-order valence-corrected chi connectivity index (χ2v) is 8.20. The van der Waals surface area contributed by atoms with Crippen LogP contribution in [-0.4, -0.2) is 37.3 Å². The minimum absolute atomic E-state index is 0.118. The van der Waals surface area contributed by atoms with Crippen molar-refractivity contribution in [1.29, 1.82) is 0 Å². The van der Waals surface area contributed by atoms with Gasteiger partial charge in [0.2, 0.25) is 0 Å². The minimum atomic E-state index is -0.883. The average molecular weight is 501 g/mol. The fourth-order valence-electron chi connectivity index (χ4n) is 2.43. The first kappa shape index (κ1) is 25.9. The van der Waals surface area contributed by atoms with Gasteiger partial charge in [-0.3, -0.25) is 9.59 Å². The Morgan fingerprint density at radius 1 is 1.06 bits per heavy atom. The molecule has 0 unspecified atom stereocenters. The van der Waals surface area contributed by atoms with Crippen LogP contribution < -0.4 is 15.5 Å². The highest BCUT2D eigenvalue weighted by molar-refractivity contribution is 6.42. The van der Waals surface area contributed by atoms with E-state index in [0.29, 0.717) is 46.0 Å². The molecule has 0 saturated heterocycles. The number of benzene rings is 2. The van der Waals surface area contributed by atoms with E-state index in [1.54, 1.807) is 36.4 Å². The first-order valence-electron chi connectivity index (χ1n) is 9.85. The van der Waals surface area contributed by atoms with Gasteiger partial charge in [-0.2, -0.15) is 5.10 Å². The van der Waals surface area contributed by atoms with Gasteiger partial charge in [0.1, 0.15) is 12.4 Å². The zero-order valence-corrected chi connectivity index (χ0v) is 19.9. The fraction of sp³-hybridized carbons (Fsp3) is 0.318. The molecule has 0 radical (unpaired) electrons. The molecule has 0 spiro atoms. The SMILES string of the molecule is CC(C)OCCCNC(=O)C(=O)N/N=C\c1cc(Cl)ccc1OCc1ccc(Cl)c(Cl)c1. The number of carbonyl (C=O) groups is 2. The van der Waals surface area contributed by atoms with Crippen molar-refractivity contribution in [1.82, 2.24) is 10.7 Å². The summed E-state index contributed by atoms with van der Waals surface area (Å²) >= 11 is 18.0. The van der Waals surface area contributed by atoms with Gasteiger partial charge in [-0.1, -0.05) is 40.9 Å². The van der Waals surface area contributed by atoms with Crippen molar-refractivity contribution in [3.8, 4) is 5.75 Å². The minimum Gasteiger partial charge on any atom is -0.488 e. The Hall–Kier alpha value is -2.32.